The first-order valence-corrected chi connectivity index (χ1v) is 12.6. The van der Waals surface area contributed by atoms with Crippen LogP contribution in [-0.2, 0) is 19.5 Å². The number of fused-ring (bicyclic) bond motifs is 3. The fourth-order valence-electron chi connectivity index (χ4n) is 5.60. The molecular weight excluding hydrogens is 414 g/mol. The van der Waals surface area contributed by atoms with E-state index in [1.807, 2.05) is 0 Å². The summed E-state index contributed by atoms with van der Waals surface area (Å²) in [6.07, 6.45) is 2.18. The minimum absolute atomic E-state index is 0.990. The zero-order valence-electron chi connectivity index (χ0n) is 20.1. The highest BCUT2D eigenvalue weighted by atomic mass is 15.1. The average molecular weight is 446 g/mol. The van der Waals surface area contributed by atoms with E-state index in [1.54, 1.807) is 0 Å². The van der Waals surface area contributed by atoms with Crippen molar-refractivity contribution in [3.05, 3.63) is 90.1 Å². The van der Waals surface area contributed by atoms with Crippen molar-refractivity contribution >= 4 is 21.8 Å². The summed E-state index contributed by atoms with van der Waals surface area (Å²) in [5.41, 5.74) is 10.0. The molecular formula is C31H31N3. The average Bonchev–Trinajstić information content (AvgIpc) is 3.24. The quantitative estimate of drug-likeness (QED) is 0.273. The van der Waals surface area contributed by atoms with Gasteiger partial charge in [-0.2, -0.15) is 0 Å². The van der Waals surface area contributed by atoms with Crippen LogP contribution in [0.1, 0.15) is 31.5 Å². The van der Waals surface area contributed by atoms with Crippen LogP contribution in [0.25, 0.3) is 44.2 Å². The number of nitrogens with zero attached hydrogens (tertiary/aromatic N) is 3. The van der Waals surface area contributed by atoms with Gasteiger partial charge in [0.1, 0.15) is 0 Å². The van der Waals surface area contributed by atoms with Crippen molar-refractivity contribution in [1.29, 1.82) is 0 Å². The first-order chi connectivity index (χ1) is 16.8. The summed E-state index contributed by atoms with van der Waals surface area (Å²) in [5, 5.41) is 2.69. The molecule has 3 aromatic carbocycles. The van der Waals surface area contributed by atoms with E-state index in [2.05, 4.69) is 102 Å². The van der Waals surface area contributed by atoms with Gasteiger partial charge in [0.15, 0.2) is 0 Å². The Morgan fingerprint density at radius 3 is 2.32 bits per heavy atom. The second-order valence-corrected chi connectivity index (χ2v) is 9.30. The van der Waals surface area contributed by atoms with Gasteiger partial charge in [-0.25, -0.2) is 4.98 Å². The molecule has 1 aliphatic heterocycles. The summed E-state index contributed by atoms with van der Waals surface area (Å²) >= 11 is 0. The molecule has 34 heavy (non-hydrogen) atoms. The Hall–Kier alpha value is -3.43. The predicted octanol–water partition coefficient (Wildman–Crippen LogP) is 7.31. The molecule has 6 rings (SSSR count). The first-order valence-electron chi connectivity index (χ1n) is 12.6. The van der Waals surface area contributed by atoms with Gasteiger partial charge in [-0.15, -0.1) is 0 Å². The van der Waals surface area contributed by atoms with Crippen LogP contribution in [0.4, 0.5) is 0 Å². The number of aryl methyl sites for hydroxylation is 2. The summed E-state index contributed by atoms with van der Waals surface area (Å²) in [7, 11) is 0. The monoisotopic (exact) mass is 445 g/mol. The van der Waals surface area contributed by atoms with E-state index < -0.39 is 0 Å². The van der Waals surface area contributed by atoms with Crippen molar-refractivity contribution < 1.29 is 0 Å². The van der Waals surface area contributed by atoms with Gasteiger partial charge in [-0.3, -0.25) is 4.90 Å². The van der Waals surface area contributed by atoms with Gasteiger partial charge in [-0.05, 0) is 43.1 Å². The molecule has 0 aliphatic carbocycles. The molecule has 5 aromatic rings. The van der Waals surface area contributed by atoms with E-state index in [0.717, 1.165) is 44.7 Å². The van der Waals surface area contributed by atoms with E-state index in [-0.39, 0.29) is 0 Å². The van der Waals surface area contributed by atoms with E-state index in [4.69, 9.17) is 4.98 Å². The van der Waals surface area contributed by atoms with E-state index >= 15 is 0 Å². The molecule has 0 fully saturated rings. The van der Waals surface area contributed by atoms with Crippen LogP contribution in [0.15, 0.2) is 78.9 Å². The first kappa shape index (κ1) is 21.1. The lowest BCUT2D eigenvalue weighted by Crippen LogP contribution is -2.21. The van der Waals surface area contributed by atoms with Gasteiger partial charge in [0.05, 0.1) is 16.9 Å². The van der Waals surface area contributed by atoms with Crippen LogP contribution in [0.2, 0.25) is 0 Å². The lowest BCUT2D eigenvalue weighted by molar-refractivity contribution is 0.296. The van der Waals surface area contributed by atoms with Crippen LogP contribution < -0.4 is 0 Å². The lowest BCUT2D eigenvalue weighted by Gasteiger charge is -2.20. The fourth-order valence-corrected chi connectivity index (χ4v) is 5.60. The third kappa shape index (κ3) is 3.43. The summed E-state index contributed by atoms with van der Waals surface area (Å²) in [4.78, 5) is 7.82. The molecule has 170 valence electrons. The zero-order chi connectivity index (χ0) is 23.1. The second-order valence-electron chi connectivity index (χ2n) is 9.30. The standard InChI is InChI=1S/C31H31N3/c1-3-33(4-2)21-22-16-18-24(19-17-22)30-28(23-11-6-5-7-12-23)29-25-13-8-9-15-27(25)34-20-10-14-26(32-30)31(29)34/h5-9,11-13,15-19H,3-4,10,14,20-21H2,1-2H3. The fraction of sp³-hybridized carbons (Fsp3) is 0.258. The maximum absolute atomic E-state index is 5.37. The molecule has 0 saturated heterocycles. The normalized spacial score (nSPS) is 13.3. The number of hydrogen-bond donors (Lipinski definition) is 0. The van der Waals surface area contributed by atoms with Gasteiger partial charge in [0.25, 0.3) is 0 Å². The zero-order valence-corrected chi connectivity index (χ0v) is 20.1. The molecule has 3 heterocycles. The molecule has 0 spiro atoms. The van der Waals surface area contributed by atoms with Gasteiger partial charge in [-0.1, -0.05) is 86.6 Å². The lowest BCUT2D eigenvalue weighted by atomic mass is 9.92. The third-order valence-corrected chi connectivity index (χ3v) is 7.36. The highest BCUT2D eigenvalue weighted by Gasteiger charge is 2.25. The van der Waals surface area contributed by atoms with Crippen molar-refractivity contribution in [2.24, 2.45) is 0 Å². The highest BCUT2D eigenvalue weighted by molar-refractivity contribution is 6.18. The molecule has 0 bridgehead atoms. The largest absolute Gasteiger partial charge is 0.339 e. The molecule has 3 nitrogen and oxygen atoms in total. The van der Waals surface area contributed by atoms with Crippen molar-refractivity contribution in [1.82, 2.24) is 14.5 Å². The smallest absolute Gasteiger partial charge is 0.0791 e. The summed E-state index contributed by atoms with van der Waals surface area (Å²) in [6, 6.07) is 28.8. The van der Waals surface area contributed by atoms with Gasteiger partial charge in [0, 0.05) is 40.5 Å². The maximum atomic E-state index is 5.37. The topological polar surface area (TPSA) is 21.1 Å². The van der Waals surface area contributed by atoms with Crippen molar-refractivity contribution in [2.75, 3.05) is 13.1 Å². The number of aromatic nitrogens is 2. The molecule has 1 aliphatic rings. The SMILES string of the molecule is CCN(CC)Cc1ccc(-c2nc3c4c(c2-c2ccccc2)c2ccccc2n4CCC3)cc1. The Balaban J connectivity index is 1.62. The molecule has 0 N–H and O–H groups in total. The Kier molecular flexibility index (Phi) is 5.43. The molecule has 0 atom stereocenters. The van der Waals surface area contributed by atoms with Crippen molar-refractivity contribution in [3.63, 3.8) is 0 Å². The maximum Gasteiger partial charge on any atom is 0.0791 e. The van der Waals surface area contributed by atoms with Crippen LogP contribution >= 0.6 is 0 Å². The molecule has 2 aromatic heterocycles. The van der Waals surface area contributed by atoms with E-state index in [1.165, 1.54) is 49.8 Å². The number of para-hydroxylation sites is 1. The Labute approximate surface area is 201 Å². The van der Waals surface area contributed by atoms with Crippen molar-refractivity contribution in [2.45, 2.75) is 39.8 Å². The number of rotatable bonds is 6. The number of benzene rings is 3. The van der Waals surface area contributed by atoms with Crippen LogP contribution in [0, 0.1) is 0 Å². The molecule has 0 saturated carbocycles. The minimum Gasteiger partial charge on any atom is -0.339 e. The molecule has 0 radical (unpaired) electrons. The molecule has 0 amide bonds. The Bertz CT molecular complexity index is 1460. The summed E-state index contributed by atoms with van der Waals surface area (Å²) in [5.74, 6) is 0. The Morgan fingerprint density at radius 2 is 1.56 bits per heavy atom. The highest BCUT2D eigenvalue weighted by Crippen LogP contribution is 2.44. The van der Waals surface area contributed by atoms with E-state index in [0.29, 0.717) is 0 Å². The van der Waals surface area contributed by atoms with Gasteiger partial charge in [0.2, 0.25) is 0 Å². The number of pyridine rings is 1. The van der Waals surface area contributed by atoms with Crippen LogP contribution in [-0.4, -0.2) is 27.5 Å². The van der Waals surface area contributed by atoms with Crippen LogP contribution in [0.3, 0.4) is 0 Å². The second kappa shape index (κ2) is 8.73. The molecule has 3 heteroatoms. The minimum atomic E-state index is 0.990. The van der Waals surface area contributed by atoms with Gasteiger partial charge < -0.3 is 4.57 Å². The van der Waals surface area contributed by atoms with Gasteiger partial charge >= 0.3 is 0 Å². The van der Waals surface area contributed by atoms with E-state index in [9.17, 15) is 0 Å². The number of hydrogen-bond acceptors (Lipinski definition) is 2. The molecule has 0 unspecified atom stereocenters. The third-order valence-electron chi connectivity index (χ3n) is 7.36. The Morgan fingerprint density at radius 1 is 0.824 bits per heavy atom. The van der Waals surface area contributed by atoms with Crippen molar-refractivity contribution in [3.8, 4) is 22.4 Å². The predicted molar refractivity (Wildman–Crippen MR) is 143 cm³/mol. The summed E-state index contributed by atoms with van der Waals surface area (Å²) < 4.78 is 2.50. The van der Waals surface area contributed by atoms with Crippen LogP contribution in [0.5, 0.6) is 0 Å². The summed E-state index contributed by atoms with van der Waals surface area (Å²) in [6.45, 7) is 8.65.